The molecular weight excluding hydrogens is 346 g/mol. The molecule has 138 valence electrons. The van der Waals surface area contributed by atoms with E-state index in [1.807, 2.05) is 18.2 Å². The lowest BCUT2D eigenvalue weighted by Crippen LogP contribution is -2.17. The topological polar surface area (TPSA) is 55.4 Å². The van der Waals surface area contributed by atoms with Crippen LogP contribution in [0.2, 0.25) is 0 Å². The molecule has 2 aromatic rings. The van der Waals surface area contributed by atoms with Gasteiger partial charge in [-0.2, -0.15) is 0 Å². The highest BCUT2D eigenvalue weighted by molar-refractivity contribution is 7.17. The Morgan fingerprint density at radius 3 is 2.69 bits per heavy atom. The summed E-state index contributed by atoms with van der Waals surface area (Å²) in [6, 6.07) is 9.07. The third-order valence-corrected chi connectivity index (χ3v) is 5.98. The molecule has 4 nitrogen and oxygen atoms in total. The van der Waals surface area contributed by atoms with E-state index in [0.717, 1.165) is 24.8 Å². The van der Waals surface area contributed by atoms with E-state index in [4.69, 9.17) is 4.74 Å². The first-order chi connectivity index (χ1) is 12.6. The first kappa shape index (κ1) is 18.6. The molecule has 1 heterocycles. The molecule has 1 aliphatic rings. The molecule has 5 heteroatoms. The molecule has 0 bridgehead atoms. The van der Waals surface area contributed by atoms with Crippen molar-refractivity contribution in [2.45, 2.75) is 46.0 Å². The molecule has 1 aromatic carbocycles. The molecule has 0 saturated carbocycles. The lowest BCUT2D eigenvalue weighted by atomic mass is 9.84. The van der Waals surface area contributed by atoms with E-state index < -0.39 is 0 Å². The van der Waals surface area contributed by atoms with Gasteiger partial charge in [0.25, 0.3) is 5.91 Å². The molecule has 0 spiro atoms. The normalized spacial score (nSPS) is 16.0. The molecule has 1 aromatic heterocycles. The van der Waals surface area contributed by atoms with E-state index in [1.54, 1.807) is 19.1 Å². The average molecular weight is 372 g/mol. The van der Waals surface area contributed by atoms with Gasteiger partial charge in [0.1, 0.15) is 5.00 Å². The van der Waals surface area contributed by atoms with Crippen molar-refractivity contribution in [1.29, 1.82) is 0 Å². The van der Waals surface area contributed by atoms with Gasteiger partial charge in [0.2, 0.25) is 0 Å². The summed E-state index contributed by atoms with van der Waals surface area (Å²) < 4.78 is 5.27. The monoisotopic (exact) mass is 371 g/mol. The summed E-state index contributed by atoms with van der Waals surface area (Å²) in [5.41, 5.74) is 2.22. The Hall–Kier alpha value is -2.14. The largest absolute Gasteiger partial charge is 0.462 e. The Kier molecular flexibility index (Phi) is 6.09. The standard InChI is InChI=1S/C21H25NO3S/c1-3-8-14-11-12-16-17(13-14)26-20(18(16)21(24)25-4-2)22-19(23)15-9-6-5-7-10-15/h5-7,9-10,14H,3-4,8,11-13H2,1-2H3,(H,22,23)/t14-/m0/s1. The Morgan fingerprint density at radius 1 is 1.23 bits per heavy atom. The van der Waals surface area contributed by atoms with E-state index in [1.165, 1.54) is 29.1 Å². The van der Waals surface area contributed by atoms with E-state index >= 15 is 0 Å². The van der Waals surface area contributed by atoms with Gasteiger partial charge in [0, 0.05) is 10.4 Å². The quantitative estimate of drug-likeness (QED) is 0.720. The van der Waals surface area contributed by atoms with Crippen LogP contribution in [0.15, 0.2) is 30.3 Å². The summed E-state index contributed by atoms with van der Waals surface area (Å²) in [5, 5.41) is 3.57. The Labute approximate surface area is 158 Å². The first-order valence-corrected chi connectivity index (χ1v) is 10.1. The smallest absolute Gasteiger partial charge is 0.341 e. The predicted molar refractivity (Wildman–Crippen MR) is 105 cm³/mol. The van der Waals surface area contributed by atoms with Crippen LogP contribution < -0.4 is 5.32 Å². The van der Waals surface area contributed by atoms with Crippen molar-refractivity contribution < 1.29 is 14.3 Å². The minimum atomic E-state index is -0.331. The number of benzene rings is 1. The summed E-state index contributed by atoms with van der Waals surface area (Å²) in [5.74, 6) is 0.140. The number of esters is 1. The lowest BCUT2D eigenvalue weighted by Gasteiger charge is -2.21. The van der Waals surface area contributed by atoms with Crippen LogP contribution in [0, 0.1) is 5.92 Å². The maximum atomic E-state index is 12.6. The van der Waals surface area contributed by atoms with Crippen LogP contribution in [0.4, 0.5) is 5.00 Å². The number of rotatable bonds is 6. The molecule has 1 amide bonds. The highest BCUT2D eigenvalue weighted by Crippen LogP contribution is 2.41. The third-order valence-electron chi connectivity index (χ3n) is 4.81. The van der Waals surface area contributed by atoms with Gasteiger partial charge in [-0.25, -0.2) is 4.79 Å². The van der Waals surface area contributed by atoms with Crippen LogP contribution >= 0.6 is 11.3 Å². The lowest BCUT2D eigenvalue weighted by molar-refractivity contribution is 0.0526. The molecule has 1 aliphatic carbocycles. The number of carbonyl (C=O) groups excluding carboxylic acids is 2. The van der Waals surface area contributed by atoms with Crippen LogP contribution in [-0.4, -0.2) is 18.5 Å². The zero-order valence-corrected chi connectivity index (χ0v) is 16.2. The van der Waals surface area contributed by atoms with Crippen molar-refractivity contribution in [2.24, 2.45) is 5.92 Å². The second kappa shape index (κ2) is 8.49. The number of nitrogens with one attached hydrogen (secondary N) is 1. The third kappa shape index (κ3) is 3.98. The number of ether oxygens (including phenoxy) is 1. The van der Waals surface area contributed by atoms with Gasteiger partial charge in [0.05, 0.1) is 12.2 Å². The van der Waals surface area contributed by atoms with Crippen LogP contribution in [0.1, 0.15) is 64.3 Å². The molecular formula is C21H25NO3S. The van der Waals surface area contributed by atoms with Crippen LogP contribution in [0.5, 0.6) is 0 Å². The number of hydrogen-bond donors (Lipinski definition) is 1. The Balaban J connectivity index is 1.91. The number of anilines is 1. The fraction of sp³-hybridized carbons (Fsp3) is 0.429. The van der Waals surface area contributed by atoms with Gasteiger partial charge in [-0.3, -0.25) is 4.79 Å². The summed E-state index contributed by atoms with van der Waals surface area (Å²) in [7, 11) is 0. The summed E-state index contributed by atoms with van der Waals surface area (Å²) in [6.07, 6.45) is 5.34. The van der Waals surface area contributed by atoms with Crippen LogP contribution in [-0.2, 0) is 17.6 Å². The van der Waals surface area contributed by atoms with Gasteiger partial charge in [0.15, 0.2) is 0 Å². The second-order valence-corrected chi connectivity index (χ2v) is 7.75. The van der Waals surface area contributed by atoms with Crippen LogP contribution in [0.25, 0.3) is 0 Å². The molecule has 1 N–H and O–H groups in total. The number of hydrogen-bond acceptors (Lipinski definition) is 4. The van der Waals surface area contributed by atoms with E-state index in [2.05, 4.69) is 12.2 Å². The molecule has 0 fully saturated rings. The average Bonchev–Trinajstić information content (AvgIpc) is 3.00. The van der Waals surface area contributed by atoms with Gasteiger partial charge in [-0.1, -0.05) is 38.0 Å². The van der Waals surface area contributed by atoms with Crippen molar-refractivity contribution in [2.75, 3.05) is 11.9 Å². The molecule has 0 unspecified atom stereocenters. The molecule has 26 heavy (non-hydrogen) atoms. The van der Waals surface area contributed by atoms with Crippen molar-refractivity contribution in [3.8, 4) is 0 Å². The fourth-order valence-electron chi connectivity index (χ4n) is 3.58. The van der Waals surface area contributed by atoms with E-state index in [9.17, 15) is 9.59 Å². The molecule has 0 aliphatic heterocycles. The zero-order chi connectivity index (χ0) is 18.5. The fourth-order valence-corrected chi connectivity index (χ4v) is 4.93. The van der Waals surface area contributed by atoms with Gasteiger partial charge in [-0.05, 0) is 49.8 Å². The number of fused-ring (bicyclic) bond motifs is 1. The number of carbonyl (C=O) groups is 2. The Morgan fingerprint density at radius 2 is 2.00 bits per heavy atom. The van der Waals surface area contributed by atoms with E-state index in [-0.39, 0.29) is 11.9 Å². The van der Waals surface area contributed by atoms with Crippen molar-refractivity contribution in [1.82, 2.24) is 0 Å². The summed E-state index contributed by atoms with van der Waals surface area (Å²) in [6.45, 7) is 4.34. The summed E-state index contributed by atoms with van der Waals surface area (Å²) >= 11 is 1.54. The molecule has 1 atom stereocenters. The van der Waals surface area contributed by atoms with Crippen LogP contribution in [0.3, 0.4) is 0 Å². The molecule has 0 radical (unpaired) electrons. The minimum absolute atomic E-state index is 0.195. The van der Waals surface area contributed by atoms with E-state index in [0.29, 0.717) is 28.7 Å². The van der Waals surface area contributed by atoms with Crippen molar-refractivity contribution >= 4 is 28.2 Å². The molecule has 3 rings (SSSR count). The SMILES string of the molecule is CCC[C@H]1CCc2c(sc(NC(=O)c3ccccc3)c2C(=O)OCC)C1. The highest BCUT2D eigenvalue weighted by atomic mass is 32.1. The first-order valence-electron chi connectivity index (χ1n) is 9.32. The van der Waals surface area contributed by atoms with Gasteiger partial charge >= 0.3 is 5.97 Å². The number of thiophene rings is 1. The number of amides is 1. The maximum absolute atomic E-state index is 12.6. The Bertz CT molecular complexity index is 782. The highest BCUT2D eigenvalue weighted by Gasteiger charge is 2.30. The predicted octanol–water partition coefficient (Wildman–Crippen LogP) is 5.08. The second-order valence-electron chi connectivity index (χ2n) is 6.65. The minimum Gasteiger partial charge on any atom is -0.462 e. The van der Waals surface area contributed by atoms with Crippen molar-refractivity contribution in [3.05, 3.63) is 51.9 Å². The van der Waals surface area contributed by atoms with Gasteiger partial charge < -0.3 is 10.1 Å². The summed E-state index contributed by atoms with van der Waals surface area (Å²) in [4.78, 5) is 26.4. The maximum Gasteiger partial charge on any atom is 0.341 e. The van der Waals surface area contributed by atoms with Crippen molar-refractivity contribution in [3.63, 3.8) is 0 Å². The van der Waals surface area contributed by atoms with Gasteiger partial charge in [-0.15, -0.1) is 11.3 Å². The zero-order valence-electron chi connectivity index (χ0n) is 15.3. The molecule has 0 saturated heterocycles.